The summed E-state index contributed by atoms with van der Waals surface area (Å²) >= 11 is 6.22. The summed E-state index contributed by atoms with van der Waals surface area (Å²) in [6.07, 6.45) is 2.87. The van der Waals surface area contributed by atoms with Crippen LogP contribution in [-0.2, 0) is 0 Å². The predicted molar refractivity (Wildman–Crippen MR) is 141 cm³/mol. The Hall–Kier alpha value is -3.29. The summed E-state index contributed by atoms with van der Waals surface area (Å²) in [4.78, 5) is 9.35. The van der Waals surface area contributed by atoms with Gasteiger partial charge in [-0.05, 0) is 69.9 Å². The van der Waals surface area contributed by atoms with E-state index in [-0.39, 0.29) is 0 Å². The van der Waals surface area contributed by atoms with Crippen LogP contribution >= 0.6 is 11.6 Å². The van der Waals surface area contributed by atoms with E-state index in [2.05, 4.69) is 48.2 Å². The van der Waals surface area contributed by atoms with Gasteiger partial charge in [-0.1, -0.05) is 23.7 Å². The number of rotatable bonds is 8. The highest BCUT2D eigenvalue weighted by molar-refractivity contribution is 6.30. The predicted octanol–water partition coefficient (Wildman–Crippen LogP) is 5.00. The zero-order valence-corrected chi connectivity index (χ0v) is 21.1. The third-order valence-corrected chi connectivity index (χ3v) is 6.22. The maximum Gasteiger partial charge on any atom is 0.165 e. The second kappa shape index (κ2) is 9.91. The number of benzene rings is 2. The van der Waals surface area contributed by atoms with Gasteiger partial charge in [-0.15, -0.1) is 0 Å². The molecule has 2 N–H and O–H groups in total. The zero-order chi connectivity index (χ0) is 24.4. The van der Waals surface area contributed by atoms with Crippen molar-refractivity contribution in [3.8, 4) is 28.0 Å². The Bertz CT molecular complexity index is 1320. The third kappa shape index (κ3) is 4.67. The number of hydrogen-bond acceptors (Lipinski definition) is 6. The minimum atomic E-state index is 0.520. The number of aromatic nitrogens is 3. The molecule has 0 bridgehead atoms. The van der Waals surface area contributed by atoms with Crippen molar-refractivity contribution in [3.63, 3.8) is 0 Å². The van der Waals surface area contributed by atoms with Gasteiger partial charge in [-0.25, -0.2) is 4.98 Å². The monoisotopic (exact) mass is 478 g/mol. The Labute approximate surface area is 205 Å². The molecule has 0 unspecified atom stereocenters. The maximum absolute atomic E-state index is 6.60. The first kappa shape index (κ1) is 23.9. The molecular formula is C26H31ClN6O. The van der Waals surface area contributed by atoms with Gasteiger partial charge < -0.3 is 20.3 Å². The third-order valence-electron chi connectivity index (χ3n) is 5.99. The van der Waals surface area contributed by atoms with Crippen LogP contribution in [0.3, 0.4) is 0 Å². The van der Waals surface area contributed by atoms with Crippen LogP contribution < -0.4 is 15.4 Å². The van der Waals surface area contributed by atoms with Crippen molar-refractivity contribution in [2.45, 2.75) is 13.3 Å². The highest BCUT2D eigenvalue weighted by Gasteiger charge is 2.20. The van der Waals surface area contributed by atoms with Crippen LogP contribution in [0.25, 0.3) is 27.9 Å². The fourth-order valence-electron chi connectivity index (χ4n) is 4.22. The van der Waals surface area contributed by atoms with E-state index in [1.807, 2.05) is 37.3 Å². The normalized spacial score (nSPS) is 11.4. The minimum Gasteiger partial charge on any atom is -0.496 e. The quantitative estimate of drug-likeness (QED) is 0.384. The van der Waals surface area contributed by atoms with E-state index in [0.717, 1.165) is 58.9 Å². The van der Waals surface area contributed by atoms with Crippen LogP contribution in [0.5, 0.6) is 5.75 Å². The molecule has 4 aromatic rings. The fourth-order valence-corrected chi connectivity index (χ4v) is 4.41. The average molecular weight is 479 g/mol. The van der Waals surface area contributed by atoms with Crippen LogP contribution in [0.1, 0.15) is 12.1 Å². The molecule has 0 saturated heterocycles. The fraction of sp³-hybridized carbons (Fsp3) is 0.308. The number of ether oxygens (including phenoxy) is 1. The summed E-state index contributed by atoms with van der Waals surface area (Å²) in [6, 6.07) is 13.8. The van der Waals surface area contributed by atoms with Gasteiger partial charge in [0.15, 0.2) is 5.65 Å². The first-order chi connectivity index (χ1) is 16.3. The van der Waals surface area contributed by atoms with Crippen molar-refractivity contribution in [2.75, 3.05) is 52.0 Å². The molecule has 8 heteroatoms. The van der Waals surface area contributed by atoms with E-state index in [0.29, 0.717) is 16.5 Å². The zero-order valence-electron chi connectivity index (χ0n) is 20.3. The van der Waals surface area contributed by atoms with E-state index < -0.39 is 0 Å². The molecule has 34 heavy (non-hydrogen) atoms. The first-order valence-corrected chi connectivity index (χ1v) is 11.6. The second-order valence-electron chi connectivity index (χ2n) is 8.72. The molecule has 0 aliphatic heterocycles. The van der Waals surface area contributed by atoms with Gasteiger partial charge >= 0.3 is 0 Å². The topological polar surface area (TPSA) is 71.9 Å². The molecule has 0 aliphatic carbocycles. The Morgan fingerprint density at radius 3 is 2.56 bits per heavy atom. The average Bonchev–Trinajstić information content (AvgIpc) is 3.22. The molecule has 2 aromatic heterocycles. The first-order valence-electron chi connectivity index (χ1n) is 11.2. The van der Waals surface area contributed by atoms with Crippen molar-refractivity contribution >= 4 is 28.8 Å². The number of methoxy groups -OCH3 is 1. The van der Waals surface area contributed by atoms with Crippen molar-refractivity contribution < 1.29 is 4.74 Å². The largest absolute Gasteiger partial charge is 0.496 e. The number of anilines is 2. The van der Waals surface area contributed by atoms with Gasteiger partial charge in [-0.2, -0.15) is 9.61 Å². The Balaban J connectivity index is 1.78. The number of halogens is 1. The molecule has 2 heterocycles. The van der Waals surface area contributed by atoms with Crippen LogP contribution in [0, 0.1) is 6.92 Å². The number of nitrogens with zero attached hydrogens (tertiary/aromatic N) is 5. The summed E-state index contributed by atoms with van der Waals surface area (Å²) < 4.78 is 7.38. The summed E-state index contributed by atoms with van der Waals surface area (Å²) in [5.41, 5.74) is 12.7. The van der Waals surface area contributed by atoms with Gasteiger partial charge in [0.1, 0.15) is 11.6 Å². The van der Waals surface area contributed by atoms with Gasteiger partial charge in [0, 0.05) is 35.4 Å². The highest BCUT2D eigenvalue weighted by Crippen LogP contribution is 2.38. The van der Waals surface area contributed by atoms with Gasteiger partial charge in [0.25, 0.3) is 0 Å². The van der Waals surface area contributed by atoms with Crippen LogP contribution in [0.15, 0.2) is 48.7 Å². The Kier molecular flexibility index (Phi) is 6.95. The second-order valence-corrected chi connectivity index (χ2v) is 9.16. The minimum absolute atomic E-state index is 0.520. The van der Waals surface area contributed by atoms with E-state index in [9.17, 15) is 0 Å². The lowest BCUT2D eigenvalue weighted by Gasteiger charge is -2.22. The lowest BCUT2D eigenvalue weighted by molar-refractivity contribution is 0.401. The van der Waals surface area contributed by atoms with E-state index in [1.165, 1.54) is 0 Å². The highest BCUT2D eigenvalue weighted by atomic mass is 35.5. The molecule has 2 aromatic carbocycles. The van der Waals surface area contributed by atoms with Crippen LogP contribution in [0.4, 0.5) is 11.5 Å². The van der Waals surface area contributed by atoms with E-state index in [1.54, 1.807) is 17.8 Å². The summed E-state index contributed by atoms with van der Waals surface area (Å²) in [6.45, 7) is 3.94. The molecule has 0 fully saturated rings. The maximum atomic E-state index is 6.60. The molecule has 0 atom stereocenters. The van der Waals surface area contributed by atoms with Crippen molar-refractivity contribution in [1.82, 2.24) is 19.5 Å². The molecule has 0 aliphatic rings. The molecule has 7 nitrogen and oxygen atoms in total. The Morgan fingerprint density at radius 2 is 1.85 bits per heavy atom. The number of nitrogens with two attached hydrogens (primary N) is 1. The summed E-state index contributed by atoms with van der Waals surface area (Å²) in [5.74, 6) is 1.28. The van der Waals surface area contributed by atoms with Crippen molar-refractivity contribution in [2.24, 2.45) is 0 Å². The molecule has 4 rings (SSSR count). The van der Waals surface area contributed by atoms with Crippen molar-refractivity contribution in [3.05, 3.63) is 59.4 Å². The standard InChI is InChI=1S/C26H31ClN6O/c1-17-24(18-8-6-9-19(27)14-18)25(28)33-26(30-17)22(16-29-33)21-15-20(10-11-23(21)34-5)32(4)13-7-12-31(2)3/h6,8-11,14-16H,7,12-13,28H2,1-5H3. The molecule has 0 amide bonds. The number of nitrogen functional groups attached to an aromatic ring is 1. The van der Waals surface area contributed by atoms with Gasteiger partial charge in [0.05, 0.1) is 24.6 Å². The van der Waals surface area contributed by atoms with Gasteiger partial charge in [0.2, 0.25) is 0 Å². The number of aryl methyl sites for hydroxylation is 1. The number of fused-ring (bicyclic) bond motifs is 1. The lowest BCUT2D eigenvalue weighted by atomic mass is 10.0. The van der Waals surface area contributed by atoms with Crippen LogP contribution in [0.2, 0.25) is 5.02 Å². The number of hydrogen-bond donors (Lipinski definition) is 1. The molecular weight excluding hydrogens is 448 g/mol. The molecule has 178 valence electrons. The SMILES string of the molecule is COc1ccc(N(C)CCCN(C)C)cc1-c1cnn2c(N)c(-c3cccc(Cl)c3)c(C)nc12. The molecule has 0 spiro atoms. The van der Waals surface area contributed by atoms with E-state index in [4.69, 9.17) is 27.1 Å². The van der Waals surface area contributed by atoms with Crippen LogP contribution in [-0.4, -0.2) is 60.8 Å². The van der Waals surface area contributed by atoms with E-state index >= 15 is 0 Å². The summed E-state index contributed by atoms with van der Waals surface area (Å²) in [7, 11) is 7.97. The smallest absolute Gasteiger partial charge is 0.165 e. The molecule has 0 saturated carbocycles. The Morgan fingerprint density at radius 1 is 1.06 bits per heavy atom. The lowest BCUT2D eigenvalue weighted by Crippen LogP contribution is -2.23. The summed E-state index contributed by atoms with van der Waals surface area (Å²) in [5, 5.41) is 5.23. The van der Waals surface area contributed by atoms with Gasteiger partial charge in [-0.3, -0.25) is 0 Å². The van der Waals surface area contributed by atoms with Crippen molar-refractivity contribution in [1.29, 1.82) is 0 Å². The molecule has 0 radical (unpaired) electrons.